The Labute approximate surface area is 104 Å². The van der Waals surface area contributed by atoms with Crippen LogP contribution in [0.25, 0.3) is 0 Å². The molecule has 1 aromatic rings. The van der Waals surface area contributed by atoms with Crippen LogP contribution in [0.5, 0.6) is 0 Å². The van der Waals surface area contributed by atoms with Crippen molar-refractivity contribution in [2.75, 3.05) is 19.8 Å². The van der Waals surface area contributed by atoms with E-state index >= 15 is 0 Å². The maximum absolute atomic E-state index is 9.35. The average molecular weight is 234 g/mol. The molecule has 2 nitrogen and oxygen atoms in total. The molecule has 1 saturated heterocycles. The van der Waals surface area contributed by atoms with Crippen molar-refractivity contribution in [2.24, 2.45) is 0 Å². The zero-order chi connectivity index (χ0) is 12.3. The van der Waals surface area contributed by atoms with Crippen molar-refractivity contribution < 1.29 is 9.84 Å². The fourth-order valence-corrected chi connectivity index (χ4v) is 2.33. The highest BCUT2D eigenvalue weighted by Crippen LogP contribution is 2.29. The number of aliphatic hydroxyl groups is 1. The van der Waals surface area contributed by atoms with Crippen LogP contribution in [0.2, 0.25) is 0 Å². The lowest BCUT2D eigenvalue weighted by Crippen LogP contribution is -2.22. The smallest absolute Gasteiger partial charge is 0.0522 e. The number of aliphatic hydroxyl groups excluding tert-OH is 1. The van der Waals surface area contributed by atoms with Crippen LogP contribution in [0.4, 0.5) is 0 Å². The van der Waals surface area contributed by atoms with E-state index in [2.05, 4.69) is 38.1 Å². The van der Waals surface area contributed by atoms with Gasteiger partial charge in [-0.05, 0) is 29.9 Å². The molecule has 0 atom stereocenters. The Bertz CT molecular complexity index is 348. The lowest BCUT2D eigenvalue weighted by molar-refractivity contribution is 0.0853. The summed E-state index contributed by atoms with van der Waals surface area (Å²) in [5.74, 6) is 0.648. The monoisotopic (exact) mass is 234 g/mol. The molecular weight excluding hydrogens is 212 g/mol. The Morgan fingerprint density at radius 1 is 1.18 bits per heavy atom. The van der Waals surface area contributed by atoms with Crippen LogP contribution in [0.15, 0.2) is 24.3 Å². The van der Waals surface area contributed by atoms with Gasteiger partial charge < -0.3 is 9.84 Å². The molecule has 0 amide bonds. The first-order chi connectivity index (χ1) is 8.13. The van der Waals surface area contributed by atoms with Crippen molar-refractivity contribution in [3.63, 3.8) is 0 Å². The Morgan fingerprint density at radius 3 is 2.29 bits per heavy atom. The molecule has 0 unspecified atom stereocenters. The Hall–Kier alpha value is -0.860. The molecule has 2 heteroatoms. The number of hydrogen-bond acceptors (Lipinski definition) is 2. The number of benzene rings is 1. The maximum Gasteiger partial charge on any atom is 0.0522 e. The SMILES string of the molecule is CC(C)(CO)c1ccc(C2CCOCC2)cc1. The molecule has 1 aromatic carbocycles. The van der Waals surface area contributed by atoms with Gasteiger partial charge in [-0.3, -0.25) is 0 Å². The van der Waals surface area contributed by atoms with Crippen LogP contribution < -0.4 is 0 Å². The van der Waals surface area contributed by atoms with E-state index in [1.807, 2.05) is 0 Å². The van der Waals surface area contributed by atoms with Crippen molar-refractivity contribution in [1.82, 2.24) is 0 Å². The molecule has 0 aromatic heterocycles. The highest BCUT2D eigenvalue weighted by atomic mass is 16.5. The first-order valence-electron chi connectivity index (χ1n) is 6.42. The van der Waals surface area contributed by atoms with Gasteiger partial charge in [-0.2, -0.15) is 0 Å². The van der Waals surface area contributed by atoms with E-state index in [0.29, 0.717) is 5.92 Å². The van der Waals surface area contributed by atoms with Gasteiger partial charge in [-0.1, -0.05) is 38.1 Å². The fraction of sp³-hybridized carbons (Fsp3) is 0.600. The molecule has 1 fully saturated rings. The van der Waals surface area contributed by atoms with Gasteiger partial charge in [0.25, 0.3) is 0 Å². The summed E-state index contributed by atoms with van der Waals surface area (Å²) >= 11 is 0. The summed E-state index contributed by atoms with van der Waals surface area (Å²) in [4.78, 5) is 0. The molecule has 1 aliphatic heterocycles. The van der Waals surface area contributed by atoms with E-state index in [1.165, 1.54) is 11.1 Å². The van der Waals surface area contributed by atoms with Crippen molar-refractivity contribution in [3.8, 4) is 0 Å². The van der Waals surface area contributed by atoms with Gasteiger partial charge in [0.05, 0.1) is 6.61 Å². The third-order valence-electron chi connectivity index (χ3n) is 3.78. The average Bonchev–Trinajstić information content (AvgIpc) is 2.40. The zero-order valence-corrected chi connectivity index (χ0v) is 10.8. The number of ether oxygens (including phenoxy) is 1. The summed E-state index contributed by atoms with van der Waals surface area (Å²) in [6, 6.07) is 8.73. The van der Waals surface area contributed by atoms with Crippen molar-refractivity contribution >= 4 is 0 Å². The summed E-state index contributed by atoms with van der Waals surface area (Å²) in [6.07, 6.45) is 2.26. The lowest BCUT2D eigenvalue weighted by Gasteiger charge is -2.25. The predicted molar refractivity (Wildman–Crippen MR) is 69.3 cm³/mol. The summed E-state index contributed by atoms with van der Waals surface area (Å²) in [6.45, 7) is 6.08. The fourth-order valence-electron chi connectivity index (χ4n) is 2.33. The summed E-state index contributed by atoms with van der Waals surface area (Å²) in [5.41, 5.74) is 2.47. The van der Waals surface area contributed by atoms with E-state index in [1.54, 1.807) is 0 Å². The maximum atomic E-state index is 9.35. The molecule has 1 aliphatic rings. The van der Waals surface area contributed by atoms with Gasteiger partial charge in [0.1, 0.15) is 0 Å². The molecular formula is C15H22O2. The molecule has 0 saturated carbocycles. The lowest BCUT2D eigenvalue weighted by atomic mass is 9.83. The van der Waals surface area contributed by atoms with E-state index < -0.39 is 0 Å². The van der Waals surface area contributed by atoms with Gasteiger partial charge in [0.15, 0.2) is 0 Å². The quantitative estimate of drug-likeness (QED) is 0.871. The summed E-state index contributed by atoms with van der Waals surface area (Å²) in [5, 5.41) is 9.35. The van der Waals surface area contributed by atoms with Crippen LogP contribution >= 0.6 is 0 Å². The minimum absolute atomic E-state index is 0.145. The Balaban J connectivity index is 2.12. The first-order valence-corrected chi connectivity index (χ1v) is 6.42. The highest BCUT2D eigenvalue weighted by Gasteiger charge is 2.20. The van der Waals surface area contributed by atoms with Crippen LogP contribution in [0, 0.1) is 0 Å². The minimum Gasteiger partial charge on any atom is -0.395 e. The van der Waals surface area contributed by atoms with Gasteiger partial charge in [0, 0.05) is 18.6 Å². The molecule has 0 radical (unpaired) electrons. The van der Waals surface area contributed by atoms with Crippen LogP contribution in [-0.2, 0) is 10.2 Å². The number of rotatable bonds is 3. The molecule has 0 spiro atoms. The second-order valence-electron chi connectivity index (χ2n) is 5.55. The third kappa shape index (κ3) is 2.88. The van der Waals surface area contributed by atoms with E-state index in [9.17, 15) is 5.11 Å². The normalized spacial score (nSPS) is 18.3. The van der Waals surface area contributed by atoms with Crippen molar-refractivity contribution in [3.05, 3.63) is 35.4 Å². The molecule has 0 aliphatic carbocycles. The molecule has 0 bridgehead atoms. The van der Waals surface area contributed by atoms with Gasteiger partial charge in [0.2, 0.25) is 0 Å². The zero-order valence-electron chi connectivity index (χ0n) is 10.8. The van der Waals surface area contributed by atoms with Gasteiger partial charge in [-0.25, -0.2) is 0 Å². The van der Waals surface area contributed by atoms with Crippen LogP contribution in [-0.4, -0.2) is 24.9 Å². The summed E-state index contributed by atoms with van der Waals surface area (Å²) < 4.78 is 5.38. The van der Waals surface area contributed by atoms with E-state index in [4.69, 9.17) is 4.74 Å². The first kappa shape index (κ1) is 12.6. The van der Waals surface area contributed by atoms with E-state index in [-0.39, 0.29) is 12.0 Å². The topological polar surface area (TPSA) is 29.5 Å². The van der Waals surface area contributed by atoms with E-state index in [0.717, 1.165) is 26.1 Å². The second kappa shape index (κ2) is 5.19. The van der Waals surface area contributed by atoms with Crippen LogP contribution in [0.3, 0.4) is 0 Å². The largest absolute Gasteiger partial charge is 0.395 e. The van der Waals surface area contributed by atoms with Crippen molar-refractivity contribution in [1.29, 1.82) is 0 Å². The molecule has 1 heterocycles. The standard InChI is InChI=1S/C15H22O2/c1-15(2,11-16)14-5-3-12(4-6-14)13-7-9-17-10-8-13/h3-6,13,16H,7-11H2,1-2H3. The molecule has 17 heavy (non-hydrogen) atoms. The van der Waals surface area contributed by atoms with Gasteiger partial charge >= 0.3 is 0 Å². The minimum atomic E-state index is -0.145. The Morgan fingerprint density at radius 2 is 1.76 bits per heavy atom. The molecule has 94 valence electrons. The van der Waals surface area contributed by atoms with Gasteiger partial charge in [-0.15, -0.1) is 0 Å². The molecule has 2 rings (SSSR count). The summed E-state index contributed by atoms with van der Waals surface area (Å²) in [7, 11) is 0. The third-order valence-corrected chi connectivity index (χ3v) is 3.78. The van der Waals surface area contributed by atoms with Crippen LogP contribution in [0.1, 0.15) is 43.7 Å². The number of hydrogen-bond donors (Lipinski definition) is 1. The Kier molecular flexibility index (Phi) is 3.85. The predicted octanol–water partition coefficient (Wildman–Crippen LogP) is 2.85. The van der Waals surface area contributed by atoms with Crippen molar-refractivity contribution in [2.45, 2.75) is 38.0 Å². The molecule has 1 N–H and O–H groups in total. The highest BCUT2D eigenvalue weighted by molar-refractivity contribution is 5.30. The second-order valence-corrected chi connectivity index (χ2v) is 5.55.